The first-order valence-electron chi connectivity index (χ1n) is 12.1. The minimum atomic E-state index is -2.46. The molecular weight excluding hydrogens is 491 g/mol. The van der Waals surface area contributed by atoms with Crippen LogP contribution in [0.1, 0.15) is 81.3 Å². The van der Waals surface area contributed by atoms with E-state index in [2.05, 4.69) is 71.0 Å². The van der Waals surface area contributed by atoms with Crippen molar-refractivity contribution in [2.75, 3.05) is 0 Å². The van der Waals surface area contributed by atoms with Gasteiger partial charge in [-0.3, -0.25) is 0 Å². The zero-order chi connectivity index (χ0) is 22.0. The zero-order valence-electron chi connectivity index (χ0n) is 19.9. The molecule has 0 amide bonds. The predicted molar refractivity (Wildman–Crippen MR) is 136 cm³/mol. The number of hydrogen-bond donors (Lipinski definition) is 0. The van der Waals surface area contributed by atoms with Crippen LogP contribution in [0.2, 0.25) is 13.3 Å². The Morgan fingerprint density at radius 1 is 0.800 bits per heavy atom. The van der Waals surface area contributed by atoms with Gasteiger partial charge in [-0.05, 0) is 0 Å². The van der Waals surface area contributed by atoms with E-state index in [1.165, 1.54) is 63.0 Å². The van der Waals surface area contributed by atoms with Crippen LogP contribution in [0.25, 0.3) is 0 Å². The van der Waals surface area contributed by atoms with Crippen molar-refractivity contribution in [3.05, 3.63) is 59.7 Å². The molecule has 2 aromatic rings. The first-order chi connectivity index (χ1) is 14.5. The van der Waals surface area contributed by atoms with E-state index in [0.29, 0.717) is 3.93 Å². The third kappa shape index (κ3) is 6.69. The van der Waals surface area contributed by atoms with Gasteiger partial charge in [-0.2, -0.15) is 0 Å². The fourth-order valence-corrected chi connectivity index (χ4v) is 23.8. The molecule has 0 aromatic heterocycles. The van der Waals surface area contributed by atoms with Crippen LogP contribution in [0.3, 0.4) is 0 Å². The summed E-state index contributed by atoms with van der Waals surface area (Å²) < 4.78 is 18.7. The fourth-order valence-electron chi connectivity index (χ4n) is 4.74. The Kier molecular flexibility index (Phi) is 11.2. The monoisotopic (exact) mass is 534 g/mol. The Bertz CT molecular complexity index is 762. The maximum absolute atomic E-state index is 13.6. The average molecular weight is 533 g/mol. The zero-order valence-corrected chi connectivity index (χ0v) is 23.5. The second-order valence-corrected chi connectivity index (χ2v) is 25.0. The van der Waals surface area contributed by atoms with Gasteiger partial charge in [-0.15, -0.1) is 0 Å². The van der Waals surface area contributed by atoms with Gasteiger partial charge >= 0.3 is 193 Å². The molecule has 2 aromatic carbocycles. The van der Waals surface area contributed by atoms with Crippen LogP contribution in [-0.4, -0.2) is 22.6 Å². The number of unbranched alkanes of at least 4 members (excludes halogenated alkanes) is 3. The van der Waals surface area contributed by atoms with Crippen LogP contribution in [0.15, 0.2) is 58.3 Å². The predicted octanol–water partition coefficient (Wildman–Crippen LogP) is 8.65. The van der Waals surface area contributed by atoms with Crippen molar-refractivity contribution in [1.29, 1.82) is 0 Å². The molecular formula is C27H42OSSn. The van der Waals surface area contributed by atoms with Crippen molar-refractivity contribution in [3.63, 3.8) is 0 Å². The van der Waals surface area contributed by atoms with Crippen LogP contribution < -0.4 is 0 Å². The molecule has 0 aliphatic rings. The molecule has 0 saturated heterocycles. The number of benzene rings is 2. The van der Waals surface area contributed by atoms with Crippen LogP contribution in [-0.2, 0) is 10.8 Å². The number of hydrogen-bond acceptors (Lipinski definition) is 1. The molecule has 1 unspecified atom stereocenters. The van der Waals surface area contributed by atoms with Gasteiger partial charge in [0.25, 0.3) is 0 Å². The van der Waals surface area contributed by atoms with E-state index in [0.717, 1.165) is 9.79 Å². The van der Waals surface area contributed by atoms with Crippen molar-refractivity contribution in [1.82, 2.24) is 0 Å². The molecule has 0 bridgehead atoms. The first kappa shape index (κ1) is 25.6. The molecule has 1 nitrogen and oxygen atoms in total. The van der Waals surface area contributed by atoms with Crippen molar-refractivity contribution in [2.24, 2.45) is 0 Å². The van der Waals surface area contributed by atoms with Crippen molar-refractivity contribution in [3.8, 4) is 0 Å². The van der Waals surface area contributed by atoms with Crippen molar-refractivity contribution >= 4 is 29.2 Å². The first-order valence-corrected chi connectivity index (χ1v) is 20.9. The van der Waals surface area contributed by atoms with E-state index in [4.69, 9.17) is 0 Å². The van der Waals surface area contributed by atoms with E-state index >= 15 is 0 Å². The van der Waals surface area contributed by atoms with Gasteiger partial charge < -0.3 is 0 Å². The molecule has 30 heavy (non-hydrogen) atoms. The quantitative estimate of drug-likeness (QED) is 0.236. The van der Waals surface area contributed by atoms with E-state index < -0.39 is 29.2 Å². The number of rotatable bonds is 13. The molecule has 0 heterocycles. The van der Waals surface area contributed by atoms with Gasteiger partial charge in [0.15, 0.2) is 0 Å². The van der Waals surface area contributed by atoms with Gasteiger partial charge in [0, 0.05) is 0 Å². The summed E-state index contributed by atoms with van der Waals surface area (Å²) in [5, 5.41) is 0. The van der Waals surface area contributed by atoms with Gasteiger partial charge in [0.05, 0.1) is 0 Å². The minimum absolute atomic E-state index is 0.620. The Labute approximate surface area is 192 Å². The summed E-state index contributed by atoms with van der Waals surface area (Å²) in [6.45, 7) is 11.6. The summed E-state index contributed by atoms with van der Waals surface area (Å²) in [5.74, 6) is 0. The summed E-state index contributed by atoms with van der Waals surface area (Å²) in [5.41, 5.74) is 2.60. The average Bonchev–Trinajstić information content (AvgIpc) is 2.78. The molecule has 2 rings (SSSR count). The van der Waals surface area contributed by atoms with Crippen molar-refractivity contribution in [2.45, 2.75) is 100 Å². The second kappa shape index (κ2) is 13.1. The molecule has 166 valence electrons. The molecule has 3 heteroatoms. The van der Waals surface area contributed by atoms with Crippen LogP contribution in [0.5, 0.6) is 0 Å². The van der Waals surface area contributed by atoms with E-state index in [9.17, 15) is 4.21 Å². The standard InChI is InChI=1S/C15H15OS.3C4H9.Sn/c1-3-13-6-4-5-7-15(13)17(16)14-10-8-12(2)9-11-14;3*1-3-4-2;/h3-11H,1-2H3;3*1,3-4H2,2H3;. The Balaban J connectivity index is 2.47. The van der Waals surface area contributed by atoms with Gasteiger partial charge in [-0.1, -0.05) is 0 Å². The summed E-state index contributed by atoms with van der Waals surface area (Å²) in [7, 11) is -1.11. The Morgan fingerprint density at radius 3 is 1.80 bits per heavy atom. The van der Waals surface area contributed by atoms with Crippen molar-refractivity contribution < 1.29 is 4.21 Å². The Hall–Kier alpha value is -0.611. The molecule has 0 fully saturated rings. The molecule has 0 aliphatic heterocycles. The fraction of sp³-hybridized carbons (Fsp3) is 0.556. The summed E-state index contributed by atoms with van der Waals surface area (Å²) in [4.78, 5) is 1.98. The summed E-state index contributed by atoms with van der Waals surface area (Å²) in [6.07, 6.45) is 7.99. The third-order valence-corrected chi connectivity index (χ3v) is 26.0. The van der Waals surface area contributed by atoms with E-state index in [1.807, 2.05) is 12.1 Å². The van der Waals surface area contributed by atoms with Crippen LogP contribution in [0, 0.1) is 6.92 Å². The topological polar surface area (TPSA) is 17.1 Å². The van der Waals surface area contributed by atoms with E-state index in [1.54, 1.807) is 0 Å². The normalized spacial score (nSPS) is 13.9. The molecule has 0 saturated carbocycles. The summed E-state index contributed by atoms with van der Waals surface area (Å²) in [6, 6.07) is 16.9. The molecule has 0 spiro atoms. The molecule has 0 radical (unpaired) electrons. The molecule has 0 N–H and O–H groups in total. The second-order valence-electron chi connectivity index (χ2n) is 9.01. The van der Waals surface area contributed by atoms with Gasteiger partial charge in [0.2, 0.25) is 0 Å². The molecule has 2 atom stereocenters. The Morgan fingerprint density at radius 2 is 1.30 bits per heavy atom. The van der Waals surface area contributed by atoms with Crippen LogP contribution >= 0.6 is 0 Å². The maximum atomic E-state index is 13.6. The van der Waals surface area contributed by atoms with Gasteiger partial charge in [-0.25, -0.2) is 0 Å². The SMILES string of the molecule is CCC[CH2][Sn]([CH2]CCC)([CH2]CCC)[C@@H](C)c1ccccc1S(=O)c1ccc(C)cc1. The van der Waals surface area contributed by atoms with Crippen LogP contribution in [0.4, 0.5) is 0 Å². The summed E-state index contributed by atoms with van der Waals surface area (Å²) >= 11 is -2.46. The molecule has 0 aliphatic carbocycles. The van der Waals surface area contributed by atoms with E-state index in [-0.39, 0.29) is 0 Å². The third-order valence-electron chi connectivity index (χ3n) is 6.82. The number of aryl methyl sites for hydroxylation is 1. The van der Waals surface area contributed by atoms with Gasteiger partial charge in [0.1, 0.15) is 0 Å².